The summed E-state index contributed by atoms with van der Waals surface area (Å²) in [7, 11) is 1.63. The van der Waals surface area contributed by atoms with Crippen LogP contribution in [0.25, 0.3) is 22.6 Å². The first-order valence-corrected chi connectivity index (χ1v) is 7.65. The van der Waals surface area contributed by atoms with Gasteiger partial charge in [-0.25, -0.2) is 4.98 Å². The van der Waals surface area contributed by atoms with Crippen LogP contribution in [0, 0.1) is 5.92 Å². The summed E-state index contributed by atoms with van der Waals surface area (Å²) in [6.45, 7) is 5.19. The lowest BCUT2D eigenvalue weighted by molar-refractivity contribution is 0.415. The zero-order valence-electron chi connectivity index (χ0n) is 13.6. The van der Waals surface area contributed by atoms with Gasteiger partial charge in [-0.1, -0.05) is 13.8 Å². The predicted octanol–water partition coefficient (Wildman–Crippen LogP) is 4.15. The average molecular weight is 311 g/mol. The smallest absolute Gasteiger partial charge is 0.227 e. The number of rotatable bonds is 5. The second kappa shape index (κ2) is 6.20. The highest BCUT2D eigenvalue weighted by Gasteiger charge is 2.11. The minimum Gasteiger partial charge on any atom is -0.497 e. The van der Waals surface area contributed by atoms with Crippen LogP contribution in [0.1, 0.15) is 13.8 Å². The van der Waals surface area contributed by atoms with Crippen LogP contribution < -0.4 is 15.8 Å². The van der Waals surface area contributed by atoms with Crippen molar-refractivity contribution in [1.82, 2.24) is 4.98 Å². The van der Waals surface area contributed by atoms with Crippen LogP contribution in [0.2, 0.25) is 0 Å². The van der Waals surface area contributed by atoms with E-state index >= 15 is 0 Å². The van der Waals surface area contributed by atoms with Crippen molar-refractivity contribution < 1.29 is 9.15 Å². The van der Waals surface area contributed by atoms with Crippen LogP contribution in [0.5, 0.6) is 5.75 Å². The third-order valence-electron chi connectivity index (χ3n) is 3.59. The topological polar surface area (TPSA) is 73.3 Å². The second-order valence-corrected chi connectivity index (χ2v) is 5.93. The van der Waals surface area contributed by atoms with Gasteiger partial charge in [0, 0.05) is 18.2 Å². The number of nitrogens with zero attached hydrogens (tertiary/aromatic N) is 1. The first kappa shape index (κ1) is 15.2. The van der Waals surface area contributed by atoms with Gasteiger partial charge in [-0.2, -0.15) is 0 Å². The number of hydrogen-bond acceptors (Lipinski definition) is 5. The molecule has 5 nitrogen and oxygen atoms in total. The quantitative estimate of drug-likeness (QED) is 0.692. The van der Waals surface area contributed by atoms with Crippen LogP contribution in [0.3, 0.4) is 0 Å². The summed E-state index contributed by atoms with van der Waals surface area (Å²) in [6, 6.07) is 11.4. The highest BCUT2D eigenvalue weighted by Crippen LogP contribution is 2.30. The molecule has 0 saturated heterocycles. The molecule has 1 heterocycles. The van der Waals surface area contributed by atoms with Crippen molar-refractivity contribution in [2.24, 2.45) is 5.92 Å². The van der Waals surface area contributed by atoms with Gasteiger partial charge in [-0.15, -0.1) is 0 Å². The summed E-state index contributed by atoms with van der Waals surface area (Å²) < 4.78 is 11.0. The number of oxazole rings is 1. The van der Waals surface area contributed by atoms with E-state index in [4.69, 9.17) is 14.9 Å². The maximum Gasteiger partial charge on any atom is 0.227 e. The third kappa shape index (κ3) is 3.23. The van der Waals surface area contributed by atoms with Gasteiger partial charge in [0.15, 0.2) is 5.58 Å². The standard InChI is InChI=1S/C18H21N3O2/c1-11(2)10-20-15-6-4-12(8-14(15)19)18-21-16-9-13(22-3)5-7-17(16)23-18/h4-9,11,20H,10,19H2,1-3H3. The van der Waals surface area contributed by atoms with Crippen LogP contribution in [-0.4, -0.2) is 18.6 Å². The molecule has 23 heavy (non-hydrogen) atoms. The lowest BCUT2D eigenvalue weighted by atomic mass is 10.1. The van der Waals surface area contributed by atoms with Gasteiger partial charge in [-0.3, -0.25) is 0 Å². The van der Waals surface area contributed by atoms with E-state index in [9.17, 15) is 0 Å². The predicted molar refractivity (Wildman–Crippen MR) is 93.7 cm³/mol. The largest absolute Gasteiger partial charge is 0.497 e. The first-order valence-electron chi connectivity index (χ1n) is 7.65. The van der Waals surface area contributed by atoms with Gasteiger partial charge in [0.1, 0.15) is 11.3 Å². The Morgan fingerprint density at radius 3 is 2.74 bits per heavy atom. The number of ether oxygens (including phenoxy) is 1. The molecule has 0 amide bonds. The minimum absolute atomic E-state index is 0.551. The fraction of sp³-hybridized carbons (Fsp3) is 0.278. The Morgan fingerprint density at radius 1 is 1.22 bits per heavy atom. The van der Waals surface area contributed by atoms with Gasteiger partial charge in [0.25, 0.3) is 0 Å². The van der Waals surface area contributed by atoms with Gasteiger partial charge in [0.2, 0.25) is 5.89 Å². The lowest BCUT2D eigenvalue weighted by Gasteiger charge is -2.11. The Morgan fingerprint density at radius 2 is 2.04 bits per heavy atom. The average Bonchev–Trinajstić information content (AvgIpc) is 2.96. The van der Waals surface area contributed by atoms with Crippen molar-refractivity contribution in [3.05, 3.63) is 36.4 Å². The van der Waals surface area contributed by atoms with Gasteiger partial charge in [0.05, 0.1) is 18.5 Å². The summed E-state index contributed by atoms with van der Waals surface area (Å²) in [5.74, 6) is 1.86. The van der Waals surface area contributed by atoms with E-state index in [1.807, 2.05) is 36.4 Å². The Labute approximate surface area is 135 Å². The number of anilines is 2. The summed E-state index contributed by atoms with van der Waals surface area (Å²) in [6.07, 6.45) is 0. The van der Waals surface area contributed by atoms with E-state index < -0.39 is 0 Å². The zero-order valence-corrected chi connectivity index (χ0v) is 13.6. The molecule has 0 bridgehead atoms. The number of nitrogen functional groups attached to an aromatic ring is 1. The van der Waals surface area contributed by atoms with E-state index in [0.29, 0.717) is 17.5 Å². The maximum absolute atomic E-state index is 6.13. The van der Waals surface area contributed by atoms with Crippen molar-refractivity contribution in [1.29, 1.82) is 0 Å². The molecule has 3 aromatic rings. The Kier molecular flexibility index (Phi) is 4.10. The summed E-state index contributed by atoms with van der Waals surface area (Å²) in [5.41, 5.74) is 10.1. The van der Waals surface area contributed by atoms with Crippen molar-refractivity contribution in [3.63, 3.8) is 0 Å². The van der Waals surface area contributed by atoms with E-state index in [-0.39, 0.29) is 0 Å². The number of methoxy groups -OCH3 is 1. The highest BCUT2D eigenvalue weighted by molar-refractivity contribution is 5.79. The monoisotopic (exact) mass is 311 g/mol. The molecule has 120 valence electrons. The molecule has 0 aliphatic heterocycles. The second-order valence-electron chi connectivity index (χ2n) is 5.93. The molecule has 0 atom stereocenters. The first-order chi connectivity index (χ1) is 11.1. The van der Waals surface area contributed by atoms with Gasteiger partial charge in [-0.05, 0) is 36.2 Å². The Balaban J connectivity index is 1.90. The number of fused-ring (bicyclic) bond motifs is 1. The molecule has 0 unspecified atom stereocenters. The van der Waals surface area contributed by atoms with E-state index in [2.05, 4.69) is 24.1 Å². The number of aromatic nitrogens is 1. The van der Waals surface area contributed by atoms with E-state index in [0.717, 1.165) is 34.6 Å². The van der Waals surface area contributed by atoms with Crippen molar-refractivity contribution in [3.8, 4) is 17.2 Å². The molecule has 1 aromatic heterocycles. The molecule has 0 saturated carbocycles. The molecule has 0 spiro atoms. The molecule has 0 aliphatic rings. The number of benzene rings is 2. The lowest BCUT2D eigenvalue weighted by Crippen LogP contribution is -2.09. The van der Waals surface area contributed by atoms with Crippen LogP contribution in [0.4, 0.5) is 11.4 Å². The molecule has 5 heteroatoms. The number of nitrogens with one attached hydrogen (secondary N) is 1. The molecular weight excluding hydrogens is 290 g/mol. The van der Waals surface area contributed by atoms with Crippen LogP contribution in [-0.2, 0) is 0 Å². The van der Waals surface area contributed by atoms with Crippen molar-refractivity contribution in [2.45, 2.75) is 13.8 Å². The number of nitrogens with two attached hydrogens (primary N) is 1. The maximum atomic E-state index is 6.13. The molecule has 0 aliphatic carbocycles. The molecule has 0 radical (unpaired) electrons. The molecular formula is C18H21N3O2. The normalized spacial score (nSPS) is 11.1. The highest BCUT2D eigenvalue weighted by atomic mass is 16.5. The van der Waals surface area contributed by atoms with Crippen molar-refractivity contribution >= 4 is 22.5 Å². The Hall–Kier alpha value is -2.69. The molecule has 2 aromatic carbocycles. The van der Waals surface area contributed by atoms with E-state index in [1.54, 1.807) is 7.11 Å². The van der Waals surface area contributed by atoms with E-state index in [1.165, 1.54) is 0 Å². The van der Waals surface area contributed by atoms with Crippen molar-refractivity contribution in [2.75, 3.05) is 24.7 Å². The molecule has 0 fully saturated rings. The van der Waals surface area contributed by atoms with Crippen LogP contribution in [0.15, 0.2) is 40.8 Å². The summed E-state index contributed by atoms with van der Waals surface area (Å²) in [5, 5.41) is 3.34. The SMILES string of the molecule is COc1ccc2oc(-c3ccc(NCC(C)C)c(N)c3)nc2c1. The fourth-order valence-corrected chi connectivity index (χ4v) is 2.33. The minimum atomic E-state index is 0.551. The molecule has 3 N–H and O–H groups in total. The van der Waals surface area contributed by atoms with Crippen LogP contribution >= 0.6 is 0 Å². The summed E-state index contributed by atoms with van der Waals surface area (Å²) in [4.78, 5) is 4.51. The fourth-order valence-electron chi connectivity index (χ4n) is 2.33. The van der Waals surface area contributed by atoms with Gasteiger partial charge >= 0.3 is 0 Å². The summed E-state index contributed by atoms with van der Waals surface area (Å²) >= 11 is 0. The Bertz CT molecular complexity index is 824. The third-order valence-corrected chi connectivity index (χ3v) is 3.59. The van der Waals surface area contributed by atoms with Gasteiger partial charge < -0.3 is 20.2 Å². The zero-order chi connectivity index (χ0) is 16.4. The number of hydrogen-bond donors (Lipinski definition) is 2. The molecule has 3 rings (SSSR count).